The molecule has 0 radical (unpaired) electrons. The van der Waals surface area contributed by atoms with E-state index in [4.69, 9.17) is 16.7 Å². The van der Waals surface area contributed by atoms with Crippen LogP contribution in [0.1, 0.15) is 57.3 Å². The summed E-state index contributed by atoms with van der Waals surface area (Å²) in [7, 11) is 0. The lowest BCUT2D eigenvalue weighted by Gasteiger charge is -2.31. The van der Waals surface area contributed by atoms with Crippen LogP contribution in [0.4, 0.5) is 5.69 Å². The van der Waals surface area contributed by atoms with E-state index in [-0.39, 0.29) is 28.8 Å². The smallest absolute Gasteiger partial charge is 0.305 e. The van der Waals surface area contributed by atoms with Gasteiger partial charge < -0.3 is 15.7 Å². The van der Waals surface area contributed by atoms with Crippen molar-refractivity contribution in [2.24, 2.45) is 5.92 Å². The number of carbonyl (C=O) groups is 3. The number of carboxylic acid groups (broad SMARTS) is 1. The van der Waals surface area contributed by atoms with Gasteiger partial charge in [0.2, 0.25) is 5.91 Å². The van der Waals surface area contributed by atoms with Gasteiger partial charge in [-0.1, -0.05) is 39.3 Å². The molecule has 0 aliphatic rings. The molecule has 1 rings (SSSR count). The molecular weight excluding hydrogens is 344 g/mol. The maximum Gasteiger partial charge on any atom is 0.305 e. The zero-order chi connectivity index (χ0) is 19.2. The molecule has 0 saturated carbocycles. The van der Waals surface area contributed by atoms with Crippen LogP contribution in [0.5, 0.6) is 0 Å². The summed E-state index contributed by atoms with van der Waals surface area (Å²) in [6.45, 7) is 7.18. The second kappa shape index (κ2) is 8.85. The lowest BCUT2D eigenvalue weighted by molar-refractivity contribution is -0.138. The maximum atomic E-state index is 12.7. The van der Waals surface area contributed by atoms with Gasteiger partial charge in [0.15, 0.2) is 0 Å². The Labute approximate surface area is 152 Å². The normalized spacial score (nSPS) is 11.3. The van der Waals surface area contributed by atoms with E-state index in [0.29, 0.717) is 18.5 Å². The molecule has 0 fully saturated rings. The molecule has 25 heavy (non-hydrogen) atoms. The molecule has 0 bridgehead atoms. The van der Waals surface area contributed by atoms with Gasteiger partial charge in [-0.3, -0.25) is 14.4 Å². The van der Waals surface area contributed by atoms with Crippen LogP contribution in [0, 0.1) is 5.92 Å². The van der Waals surface area contributed by atoms with E-state index >= 15 is 0 Å². The Balaban J connectivity index is 3.07. The van der Waals surface area contributed by atoms with Crippen molar-refractivity contribution >= 4 is 35.1 Å². The fourth-order valence-electron chi connectivity index (χ4n) is 2.38. The summed E-state index contributed by atoms with van der Waals surface area (Å²) in [6, 6.07) is 4.64. The Bertz CT molecular complexity index is 654. The van der Waals surface area contributed by atoms with Crippen LogP contribution < -0.4 is 10.6 Å². The highest BCUT2D eigenvalue weighted by Crippen LogP contribution is 2.25. The van der Waals surface area contributed by atoms with E-state index in [9.17, 15) is 14.4 Å². The molecule has 0 saturated heterocycles. The van der Waals surface area contributed by atoms with Crippen LogP contribution in [0.15, 0.2) is 18.2 Å². The second-order valence-corrected chi connectivity index (χ2v) is 6.76. The predicted molar refractivity (Wildman–Crippen MR) is 98.0 cm³/mol. The summed E-state index contributed by atoms with van der Waals surface area (Å²) >= 11 is 6.12. The van der Waals surface area contributed by atoms with Gasteiger partial charge in [-0.05, 0) is 31.0 Å². The molecule has 0 spiro atoms. The molecule has 0 unspecified atom stereocenters. The summed E-state index contributed by atoms with van der Waals surface area (Å²) < 4.78 is 0. The Morgan fingerprint density at radius 1 is 1.20 bits per heavy atom. The van der Waals surface area contributed by atoms with Crippen LogP contribution in [0.25, 0.3) is 0 Å². The predicted octanol–water partition coefficient (Wildman–Crippen LogP) is 3.70. The molecule has 0 aromatic heterocycles. The average molecular weight is 369 g/mol. The Morgan fingerprint density at radius 3 is 2.28 bits per heavy atom. The Hall–Kier alpha value is -2.08. The van der Waals surface area contributed by atoms with Crippen molar-refractivity contribution in [3.05, 3.63) is 28.8 Å². The van der Waals surface area contributed by atoms with Gasteiger partial charge in [0.1, 0.15) is 0 Å². The van der Waals surface area contributed by atoms with Gasteiger partial charge in [0.25, 0.3) is 5.91 Å². The molecule has 2 amide bonds. The zero-order valence-corrected chi connectivity index (χ0v) is 15.7. The van der Waals surface area contributed by atoms with Gasteiger partial charge in [0.05, 0.1) is 22.5 Å². The molecule has 3 N–H and O–H groups in total. The summed E-state index contributed by atoms with van der Waals surface area (Å²) in [5.74, 6) is -1.81. The van der Waals surface area contributed by atoms with Crippen LogP contribution in [0.3, 0.4) is 0 Å². The molecular formula is C18H25ClN2O4. The van der Waals surface area contributed by atoms with Crippen molar-refractivity contribution in [2.75, 3.05) is 5.32 Å². The number of rotatable bonds is 8. The number of nitrogens with one attached hydrogen (secondary N) is 2. The van der Waals surface area contributed by atoms with Gasteiger partial charge in [0, 0.05) is 11.6 Å². The van der Waals surface area contributed by atoms with Gasteiger partial charge >= 0.3 is 5.97 Å². The van der Waals surface area contributed by atoms with Crippen LogP contribution >= 0.6 is 11.6 Å². The lowest BCUT2D eigenvalue weighted by atomic mass is 9.88. The topological polar surface area (TPSA) is 95.5 Å². The summed E-state index contributed by atoms with van der Waals surface area (Å²) in [6.07, 6.45) is 0.777. The summed E-state index contributed by atoms with van der Waals surface area (Å²) in [4.78, 5) is 35.6. The molecule has 0 heterocycles. The van der Waals surface area contributed by atoms with Crippen LogP contribution in [-0.4, -0.2) is 28.4 Å². The minimum absolute atomic E-state index is 0.170. The van der Waals surface area contributed by atoms with E-state index in [2.05, 4.69) is 10.6 Å². The van der Waals surface area contributed by atoms with Crippen LogP contribution in [-0.2, 0) is 9.59 Å². The van der Waals surface area contributed by atoms with Crippen molar-refractivity contribution in [2.45, 2.75) is 52.5 Å². The number of carboxylic acids is 1. The van der Waals surface area contributed by atoms with E-state index in [1.807, 2.05) is 13.8 Å². The minimum Gasteiger partial charge on any atom is -0.481 e. The zero-order valence-electron chi connectivity index (χ0n) is 15.0. The van der Waals surface area contributed by atoms with E-state index in [1.54, 1.807) is 19.9 Å². The highest BCUT2D eigenvalue weighted by Gasteiger charge is 2.31. The molecule has 1 aromatic carbocycles. The summed E-state index contributed by atoms with van der Waals surface area (Å²) in [5.41, 5.74) is -0.186. The molecule has 7 heteroatoms. The fraction of sp³-hybridized carbons (Fsp3) is 0.500. The van der Waals surface area contributed by atoms with Crippen molar-refractivity contribution in [3.63, 3.8) is 0 Å². The molecule has 0 aliphatic heterocycles. The quantitative estimate of drug-likeness (QED) is 0.651. The largest absolute Gasteiger partial charge is 0.481 e. The first-order valence-corrected chi connectivity index (χ1v) is 8.66. The molecule has 0 aliphatic carbocycles. The number of anilines is 1. The lowest BCUT2D eigenvalue weighted by Crippen LogP contribution is -2.49. The van der Waals surface area contributed by atoms with E-state index in [0.717, 1.165) is 0 Å². The number of halogens is 1. The first kappa shape index (κ1) is 21.0. The van der Waals surface area contributed by atoms with Gasteiger partial charge in [-0.25, -0.2) is 0 Å². The van der Waals surface area contributed by atoms with Crippen molar-refractivity contribution in [1.29, 1.82) is 0 Å². The fourth-order valence-corrected chi connectivity index (χ4v) is 2.59. The number of hydrogen-bond acceptors (Lipinski definition) is 3. The molecule has 138 valence electrons. The third-order valence-corrected chi connectivity index (χ3v) is 4.55. The van der Waals surface area contributed by atoms with Crippen LogP contribution in [0.2, 0.25) is 5.02 Å². The van der Waals surface area contributed by atoms with Crippen molar-refractivity contribution in [3.8, 4) is 0 Å². The van der Waals surface area contributed by atoms with E-state index < -0.39 is 17.4 Å². The third-order valence-electron chi connectivity index (χ3n) is 4.22. The Kier molecular flexibility index (Phi) is 7.42. The number of benzene rings is 1. The van der Waals surface area contributed by atoms with Crippen molar-refractivity contribution in [1.82, 2.24) is 5.32 Å². The molecule has 0 atom stereocenters. The number of carbonyl (C=O) groups excluding carboxylic acids is 2. The first-order chi connectivity index (χ1) is 11.6. The molecule has 6 nitrogen and oxygen atoms in total. The first-order valence-electron chi connectivity index (χ1n) is 8.28. The van der Waals surface area contributed by atoms with Crippen molar-refractivity contribution < 1.29 is 19.5 Å². The highest BCUT2D eigenvalue weighted by molar-refractivity contribution is 6.34. The number of amides is 2. The second-order valence-electron chi connectivity index (χ2n) is 6.35. The number of aliphatic carboxylic acids is 1. The average Bonchev–Trinajstić information content (AvgIpc) is 2.55. The van der Waals surface area contributed by atoms with Gasteiger partial charge in [-0.15, -0.1) is 0 Å². The SMILES string of the molecule is CCC(CC)(CC(=O)O)NC(=O)c1cc(NC(=O)C(C)C)ccc1Cl. The standard InChI is InChI=1S/C18H25ClN2O4/c1-5-18(6-2,10-15(22)23)21-17(25)13-9-12(7-8-14(13)19)20-16(24)11(3)4/h7-9,11H,5-6,10H2,1-4H3,(H,20,24)(H,21,25)(H,22,23). The van der Waals surface area contributed by atoms with E-state index in [1.165, 1.54) is 12.1 Å². The third kappa shape index (κ3) is 5.74. The van der Waals surface area contributed by atoms with Gasteiger partial charge in [-0.2, -0.15) is 0 Å². The summed E-state index contributed by atoms with van der Waals surface area (Å²) in [5, 5.41) is 14.9. The Morgan fingerprint density at radius 2 is 1.80 bits per heavy atom. The maximum absolute atomic E-state index is 12.7. The monoisotopic (exact) mass is 368 g/mol. The number of hydrogen-bond donors (Lipinski definition) is 3. The molecule has 1 aromatic rings. The minimum atomic E-state index is -0.979. The highest BCUT2D eigenvalue weighted by atomic mass is 35.5.